The molecule has 1 amide bonds. The summed E-state index contributed by atoms with van der Waals surface area (Å²) in [4.78, 5) is 10.8. The van der Waals surface area contributed by atoms with Crippen LogP contribution in [-0.2, 0) is 17.8 Å². The molecule has 0 spiro atoms. The number of anilines is 1. The average molecular weight is 244 g/mol. The number of rotatable bonds is 1. The standard InChI is InChI=1S/C11H11F3N2O/c12-11(13,14)10(17)16-9-2-1-8-6-15-4-3-7(8)5-9/h1-2,5,15H,3-4,6H2,(H,16,17). The second-order valence-corrected chi connectivity index (χ2v) is 3.86. The fraction of sp³-hybridized carbons (Fsp3) is 0.364. The molecule has 92 valence electrons. The molecule has 0 unspecified atom stereocenters. The zero-order chi connectivity index (χ0) is 12.5. The Morgan fingerprint density at radius 3 is 2.76 bits per heavy atom. The smallest absolute Gasteiger partial charge is 0.318 e. The van der Waals surface area contributed by atoms with E-state index in [1.165, 1.54) is 6.07 Å². The fourth-order valence-corrected chi connectivity index (χ4v) is 1.76. The van der Waals surface area contributed by atoms with E-state index < -0.39 is 12.1 Å². The van der Waals surface area contributed by atoms with Gasteiger partial charge >= 0.3 is 12.1 Å². The minimum Gasteiger partial charge on any atom is -0.318 e. The maximum absolute atomic E-state index is 12.1. The number of nitrogens with one attached hydrogen (secondary N) is 2. The first-order valence-electron chi connectivity index (χ1n) is 5.17. The number of hydrogen-bond donors (Lipinski definition) is 2. The molecule has 0 saturated carbocycles. The molecule has 0 atom stereocenters. The molecule has 0 aliphatic carbocycles. The second-order valence-electron chi connectivity index (χ2n) is 3.86. The van der Waals surface area contributed by atoms with E-state index >= 15 is 0 Å². The molecule has 1 aromatic carbocycles. The molecule has 2 N–H and O–H groups in total. The third-order valence-electron chi connectivity index (χ3n) is 2.61. The van der Waals surface area contributed by atoms with E-state index in [0.717, 1.165) is 24.1 Å². The van der Waals surface area contributed by atoms with E-state index in [4.69, 9.17) is 0 Å². The summed E-state index contributed by atoms with van der Waals surface area (Å²) in [6.07, 6.45) is -4.09. The van der Waals surface area contributed by atoms with Crippen molar-refractivity contribution in [3.63, 3.8) is 0 Å². The van der Waals surface area contributed by atoms with Gasteiger partial charge in [0.15, 0.2) is 0 Å². The highest BCUT2D eigenvalue weighted by atomic mass is 19.4. The van der Waals surface area contributed by atoms with Gasteiger partial charge in [0.25, 0.3) is 0 Å². The molecule has 0 saturated heterocycles. The molecule has 0 fully saturated rings. The first kappa shape index (κ1) is 11.9. The van der Waals surface area contributed by atoms with Crippen LogP contribution in [0.5, 0.6) is 0 Å². The zero-order valence-corrected chi connectivity index (χ0v) is 8.90. The lowest BCUT2D eigenvalue weighted by Gasteiger charge is -2.18. The Balaban J connectivity index is 2.15. The van der Waals surface area contributed by atoms with Crippen molar-refractivity contribution in [2.75, 3.05) is 11.9 Å². The molecule has 0 bridgehead atoms. The highest BCUT2D eigenvalue weighted by Crippen LogP contribution is 2.22. The summed E-state index contributed by atoms with van der Waals surface area (Å²) < 4.78 is 36.2. The summed E-state index contributed by atoms with van der Waals surface area (Å²) in [6.45, 7) is 1.51. The molecule has 1 aromatic rings. The van der Waals surface area contributed by atoms with Gasteiger partial charge in [0.05, 0.1) is 0 Å². The number of alkyl halides is 3. The summed E-state index contributed by atoms with van der Waals surface area (Å²) in [7, 11) is 0. The van der Waals surface area contributed by atoms with Gasteiger partial charge in [0.1, 0.15) is 0 Å². The predicted octanol–water partition coefficient (Wildman–Crippen LogP) is 1.83. The number of amides is 1. The van der Waals surface area contributed by atoms with E-state index in [0.29, 0.717) is 6.54 Å². The van der Waals surface area contributed by atoms with Crippen LogP contribution in [0.25, 0.3) is 0 Å². The lowest BCUT2D eigenvalue weighted by molar-refractivity contribution is -0.167. The number of carbonyl (C=O) groups is 1. The maximum atomic E-state index is 12.1. The average Bonchev–Trinajstić information content (AvgIpc) is 2.27. The number of halogens is 3. The zero-order valence-electron chi connectivity index (χ0n) is 8.90. The van der Waals surface area contributed by atoms with Crippen molar-refractivity contribution in [2.24, 2.45) is 0 Å². The Kier molecular flexibility index (Phi) is 3.06. The molecule has 3 nitrogen and oxygen atoms in total. The molecule has 1 aliphatic heterocycles. The van der Waals surface area contributed by atoms with Crippen LogP contribution in [0, 0.1) is 0 Å². The highest BCUT2D eigenvalue weighted by molar-refractivity contribution is 5.95. The molecule has 1 heterocycles. The van der Waals surface area contributed by atoms with Crippen LogP contribution in [0.15, 0.2) is 18.2 Å². The Morgan fingerprint density at radius 1 is 1.29 bits per heavy atom. The molecule has 17 heavy (non-hydrogen) atoms. The van der Waals surface area contributed by atoms with Crippen molar-refractivity contribution in [2.45, 2.75) is 19.1 Å². The van der Waals surface area contributed by atoms with Crippen molar-refractivity contribution in [3.8, 4) is 0 Å². The SMILES string of the molecule is O=C(Nc1ccc2c(c1)CCNC2)C(F)(F)F. The molecule has 2 rings (SSSR count). The van der Waals surface area contributed by atoms with Crippen molar-refractivity contribution in [3.05, 3.63) is 29.3 Å². The van der Waals surface area contributed by atoms with Gasteiger partial charge in [0, 0.05) is 12.2 Å². The summed E-state index contributed by atoms with van der Waals surface area (Å²) in [6, 6.07) is 4.81. The number of benzene rings is 1. The summed E-state index contributed by atoms with van der Waals surface area (Å²) >= 11 is 0. The molecular weight excluding hydrogens is 233 g/mol. The van der Waals surface area contributed by atoms with Crippen LogP contribution >= 0.6 is 0 Å². The van der Waals surface area contributed by atoms with E-state index in [1.807, 2.05) is 5.32 Å². The molecule has 6 heteroatoms. The summed E-state index contributed by atoms with van der Waals surface area (Å²) in [5.74, 6) is -1.94. The van der Waals surface area contributed by atoms with Crippen molar-refractivity contribution < 1.29 is 18.0 Å². The Morgan fingerprint density at radius 2 is 2.06 bits per heavy atom. The van der Waals surface area contributed by atoms with Gasteiger partial charge in [-0.3, -0.25) is 4.79 Å². The van der Waals surface area contributed by atoms with Gasteiger partial charge < -0.3 is 10.6 Å². The van der Waals surface area contributed by atoms with Gasteiger partial charge in [-0.05, 0) is 36.2 Å². The summed E-state index contributed by atoms with van der Waals surface area (Å²) in [5, 5.41) is 5.01. The van der Waals surface area contributed by atoms with Crippen LogP contribution in [-0.4, -0.2) is 18.6 Å². The van der Waals surface area contributed by atoms with Gasteiger partial charge in [-0.25, -0.2) is 0 Å². The molecule has 0 radical (unpaired) electrons. The minimum atomic E-state index is -4.85. The number of fused-ring (bicyclic) bond motifs is 1. The van der Waals surface area contributed by atoms with Gasteiger partial charge in [-0.15, -0.1) is 0 Å². The third kappa shape index (κ3) is 2.76. The van der Waals surface area contributed by atoms with Crippen molar-refractivity contribution in [1.82, 2.24) is 5.32 Å². The normalized spacial score (nSPS) is 15.2. The number of carbonyl (C=O) groups excluding carboxylic acids is 1. The van der Waals surface area contributed by atoms with Crippen molar-refractivity contribution in [1.29, 1.82) is 0 Å². The van der Waals surface area contributed by atoms with Crippen LogP contribution in [0.3, 0.4) is 0 Å². The van der Waals surface area contributed by atoms with E-state index in [-0.39, 0.29) is 5.69 Å². The van der Waals surface area contributed by atoms with Crippen LogP contribution in [0.1, 0.15) is 11.1 Å². The van der Waals surface area contributed by atoms with Gasteiger partial charge in [-0.2, -0.15) is 13.2 Å². The van der Waals surface area contributed by atoms with E-state index in [9.17, 15) is 18.0 Å². The predicted molar refractivity (Wildman–Crippen MR) is 56.5 cm³/mol. The molecule has 0 aromatic heterocycles. The Labute approximate surface area is 96.0 Å². The van der Waals surface area contributed by atoms with E-state index in [2.05, 4.69) is 5.32 Å². The lowest BCUT2D eigenvalue weighted by Crippen LogP contribution is -2.30. The number of hydrogen-bond acceptors (Lipinski definition) is 2. The Bertz CT molecular complexity index is 443. The maximum Gasteiger partial charge on any atom is 0.471 e. The minimum absolute atomic E-state index is 0.188. The monoisotopic (exact) mass is 244 g/mol. The second kappa shape index (κ2) is 4.37. The van der Waals surface area contributed by atoms with E-state index in [1.54, 1.807) is 12.1 Å². The van der Waals surface area contributed by atoms with Gasteiger partial charge in [-0.1, -0.05) is 6.07 Å². The van der Waals surface area contributed by atoms with Crippen molar-refractivity contribution >= 4 is 11.6 Å². The van der Waals surface area contributed by atoms with Gasteiger partial charge in [0.2, 0.25) is 0 Å². The first-order valence-corrected chi connectivity index (χ1v) is 5.17. The third-order valence-corrected chi connectivity index (χ3v) is 2.61. The topological polar surface area (TPSA) is 41.1 Å². The highest BCUT2D eigenvalue weighted by Gasteiger charge is 2.38. The largest absolute Gasteiger partial charge is 0.471 e. The van der Waals surface area contributed by atoms with Crippen LogP contribution < -0.4 is 10.6 Å². The lowest BCUT2D eigenvalue weighted by atomic mass is 10.0. The summed E-state index contributed by atoms with van der Waals surface area (Å²) in [5.41, 5.74) is 2.22. The quantitative estimate of drug-likeness (QED) is 0.791. The first-order chi connectivity index (χ1) is 7.97. The Hall–Kier alpha value is -1.56. The van der Waals surface area contributed by atoms with Crippen LogP contribution in [0.2, 0.25) is 0 Å². The van der Waals surface area contributed by atoms with Crippen LogP contribution in [0.4, 0.5) is 18.9 Å². The fourth-order valence-electron chi connectivity index (χ4n) is 1.76. The molecular formula is C11H11F3N2O. The molecule has 1 aliphatic rings.